The minimum Gasteiger partial charge on any atom is -0.355 e. The minimum absolute atomic E-state index is 0.0209. The lowest BCUT2D eigenvalue weighted by Crippen LogP contribution is -2.31. The average Bonchev–Trinajstić information content (AvgIpc) is 3.02. The van der Waals surface area contributed by atoms with Gasteiger partial charge in [-0.3, -0.25) is 9.36 Å². The molecule has 7 heteroatoms. The number of halogens is 1. The summed E-state index contributed by atoms with van der Waals surface area (Å²) in [6.45, 7) is 6.70. The highest BCUT2D eigenvalue weighted by atomic mass is 35.5. The second-order valence-corrected chi connectivity index (χ2v) is 7.39. The van der Waals surface area contributed by atoms with Gasteiger partial charge in [-0.15, -0.1) is 10.2 Å². The molecule has 1 atom stereocenters. The number of aryl methyl sites for hydroxylation is 1. The molecule has 0 radical (unpaired) electrons. The fourth-order valence-electron chi connectivity index (χ4n) is 2.16. The summed E-state index contributed by atoms with van der Waals surface area (Å²) in [6.07, 6.45) is 4.92. The molecular weight excluding hydrogens is 344 g/mol. The van der Waals surface area contributed by atoms with E-state index in [-0.39, 0.29) is 11.2 Å². The maximum absolute atomic E-state index is 12.2. The zero-order valence-corrected chi connectivity index (χ0v) is 15.8. The topological polar surface area (TPSA) is 59.8 Å². The van der Waals surface area contributed by atoms with Crippen molar-refractivity contribution in [1.29, 1.82) is 0 Å². The van der Waals surface area contributed by atoms with Crippen LogP contribution in [-0.4, -0.2) is 32.5 Å². The van der Waals surface area contributed by atoms with Gasteiger partial charge in [-0.25, -0.2) is 0 Å². The lowest BCUT2D eigenvalue weighted by atomic mass is 10.2. The first-order valence-electron chi connectivity index (χ1n) is 8.13. The SMILES string of the molecule is CCCCCNC(=O)C(C)Sc1nncn1-c1ccc(C)c(Cl)c1. The van der Waals surface area contributed by atoms with E-state index in [9.17, 15) is 4.79 Å². The summed E-state index contributed by atoms with van der Waals surface area (Å²) < 4.78 is 1.84. The van der Waals surface area contributed by atoms with Crippen molar-refractivity contribution in [3.05, 3.63) is 35.1 Å². The normalized spacial score (nSPS) is 12.2. The Morgan fingerprint density at radius 3 is 2.92 bits per heavy atom. The number of carbonyl (C=O) groups excluding carboxylic acids is 1. The molecule has 0 aliphatic rings. The summed E-state index contributed by atoms with van der Waals surface area (Å²) in [5.41, 5.74) is 1.90. The second-order valence-electron chi connectivity index (χ2n) is 5.68. The van der Waals surface area contributed by atoms with Gasteiger partial charge < -0.3 is 5.32 Å². The van der Waals surface area contributed by atoms with Crippen LogP contribution >= 0.6 is 23.4 Å². The quantitative estimate of drug-likeness (QED) is 0.566. The molecule has 1 amide bonds. The van der Waals surface area contributed by atoms with Gasteiger partial charge in [0.25, 0.3) is 0 Å². The van der Waals surface area contributed by atoms with Gasteiger partial charge >= 0.3 is 0 Å². The predicted molar refractivity (Wildman–Crippen MR) is 99.0 cm³/mol. The van der Waals surface area contributed by atoms with Crippen LogP contribution in [0.15, 0.2) is 29.7 Å². The first kappa shape index (κ1) is 18.8. The van der Waals surface area contributed by atoms with Crippen LogP contribution in [0.1, 0.15) is 38.7 Å². The van der Waals surface area contributed by atoms with Gasteiger partial charge in [0, 0.05) is 11.6 Å². The van der Waals surface area contributed by atoms with Crippen LogP contribution in [0.5, 0.6) is 0 Å². The zero-order chi connectivity index (χ0) is 17.5. The standard InChI is InChI=1S/C17H23ClN4OS/c1-4-5-6-9-19-16(23)13(3)24-17-21-20-11-22(17)14-8-7-12(2)15(18)10-14/h7-8,10-11,13H,4-6,9H2,1-3H3,(H,19,23). The number of rotatable bonds is 8. The van der Waals surface area contributed by atoms with Crippen LogP contribution in [0.4, 0.5) is 0 Å². The third kappa shape index (κ3) is 4.98. The van der Waals surface area contributed by atoms with Gasteiger partial charge in [-0.1, -0.05) is 49.2 Å². The van der Waals surface area contributed by atoms with Crippen LogP contribution < -0.4 is 5.32 Å². The minimum atomic E-state index is -0.240. The first-order chi connectivity index (χ1) is 11.5. The van der Waals surface area contributed by atoms with E-state index < -0.39 is 0 Å². The first-order valence-corrected chi connectivity index (χ1v) is 9.39. The molecular formula is C17H23ClN4OS. The summed E-state index contributed by atoms with van der Waals surface area (Å²) >= 11 is 7.58. The Labute approximate surface area is 152 Å². The van der Waals surface area contributed by atoms with Gasteiger partial charge in [0.1, 0.15) is 6.33 Å². The van der Waals surface area contributed by atoms with E-state index in [1.807, 2.05) is 36.6 Å². The molecule has 5 nitrogen and oxygen atoms in total. The number of nitrogens with one attached hydrogen (secondary N) is 1. The van der Waals surface area contributed by atoms with Crippen molar-refractivity contribution in [3.63, 3.8) is 0 Å². The van der Waals surface area contributed by atoms with Crippen LogP contribution in [0.25, 0.3) is 5.69 Å². The smallest absolute Gasteiger partial charge is 0.233 e. The Kier molecular flexibility index (Phi) is 7.12. The van der Waals surface area contributed by atoms with Crippen LogP contribution in [0, 0.1) is 6.92 Å². The Balaban J connectivity index is 2.02. The molecule has 0 saturated carbocycles. The molecule has 1 N–H and O–H groups in total. The molecule has 2 rings (SSSR count). The van der Waals surface area contributed by atoms with E-state index in [1.165, 1.54) is 11.8 Å². The molecule has 1 aromatic heterocycles. The highest BCUT2D eigenvalue weighted by Gasteiger charge is 2.18. The highest BCUT2D eigenvalue weighted by Crippen LogP contribution is 2.26. The van der Waals surface area contributed by atoms with Crippen molar-refractivity contribution in [1.82, 2.24) is 20.1 Å². The molecule has 2 aromatic rings. The fraction of sp³-hybridized carbons (Fsp3) is 0.471. The maximum atomic E-state index is 12.2. The van der Waals surface area contributed by atoms with Gasteiger partial charge in [0.2, 0.25) is 5.91 Å². The third-order valence-electron chi connectivity index (χ3n) is 3.68. The van der Waals surface area contributed by atoms with Crippen molar-refractivity contribution >= 4 is 29.3 Å². The molecule has 1 aromatic carbocycles. The van der Waals surface area contributed by atoms with Crippen LogP contribution in [-0.2, 0) is 4.79 Å². The Bertz CT molecular complexity index is 689. The van der Waals surface area contributed by atoms with Crippen molar-refractivity contribution in [3.8, 4) is 5.69 Å². The van der Waals surface area contributed by atoms with Gasteiger partial charge in [0.05, 0.1) is 10.9 Å². The molecule has 24 heavy (non-hydrogen) atoms. The van der Waals surface area contributed by atoms with Gasteiger partial charge in [0.15, 0.2) is 5.16 Å². The molecule has 0 spiro atoms. The maximum Gasteiger partial charge on any atom is 0.233 e. The predicted octanol–water partition coefficient (Wildman–Crippen LogP) is 4.02. The number of thioether (sulfide) groups is 1. The largest absolute Gasteiger partial charge is 0.355 e. The molecule has 0 aliphatic carbocycles. The van der Waals surface area contributed by atoms with Crippen molar-refractivity contribution < 1.29 is 4.79 Å². The molecule has 0 bridgehead atoms. The van der Waals surface area contributed by atoms with Crippen molar-refractivity contribution in [2.24, 2.45) is 0 Å². The van der Waals surface area contributed by atoms with Crippen molar-refractivity contribution in [2.75, 3.05) is 6.54 Å². The van der Waals surface area contributed by atoms with E-state index in [1.54, 1.807) is 6.33 Å². The highest BCUT2D eigenvalue weighted by molar-refractivity contribution is 8.00. The number of nitrogens with zero attached hydrogens (tertiary/aromatic N) is 3. The number of unbranched alkanes of at least 4 members (excludes halogenated alkanes) is 2. The van der Waals surface area contributed by atoms with Crippen molar-refractivity contribution in [2.45, 2.75) is 50.4 Å². The van der Waals surface area contributed by atoms with Crippen LogP contribution in [0.3, 0.4) is 0 Å². The van der Waals surface area contributed by atoms with Gasteiger partial charge in [-0.05, 0) is 38.0 Å². The van der Waals surface area contributed by atoms with E-state index in [2.05, 4.69) is 22.4 Å². The van der Waals surface area contributed by atoms with E-state index in [4.69, 9.17) is 11.6 Å². The molecule has 0 fully saturated rings. The second kappa shape index (κ2) is 9.08. The van der Waals surface area contributed by atoms with E-state index >= 15 is 0 Å². The Hall–Kier alpha value is -1.53. The third-order valence-corrected chi connectivity index (χ3v) is 5.15. The number of amides is 1. The summed E-state index contributed by atoms with van der Waals surface area (Å²) in [6, 6.07) is 5.79. The summed E-state index contributed by atoms with van der Waals surface area (Å²) in [5.74, 6) is 0.0209. The van der Waals surface area contributed by atoms with E-state index in [0.717, 1.165) is 37.1 Å². The summed E-state index contributed by atoms with van der Waals surface area (Å²) in [7, 11) is 0. The number of aromatic nitrogens is 3. The monoisotopic (exact) mass is 366 g/mol. The molecule has 1 heterocycles. The number of carbonyl (C=O) groups is 1. The number of hydrogen-bond donors (Lipinski definition) is 1. The van der Waals surface area contributed by atoms with Crippen LogP contribution in [0.2, 0.25) is 5.02 Å². The molecule has 0 saturated heterocycles. The lowest BCUT2D eigenvalue weighted by Gasteiger charge is -2.12. The lowest BCUT2D eigenvalue weighted by molar-refractivity contribution is -0.120. The van der Waals surface area contributed by atoms with E-state index in [0.29, 0.717) is 10.2 Å². The summed E-state index contributed by atoms with van der Waals surface area (Å²) in [4.78, 5) is 12.2. The molecule has 0 aliphatic heterocycles. The molecule has 1 unspecified atom stereocenters. The fourth-order valence-corrected chi connectivity index (χ4v) is 3.20. The Morgan fingerprint density at radius 1 is 1.42 bits per heavy atom. The summed E-state index contributed by atoms with van der Waals surface area (Å²) in [5, 5.41) is 12.2. The number of hydrogen-bond acceptors (Lipinski definition) is 4. The number of benzene rings is 1. The zero-order valence-electron chi connectivity index (χ0n) is 14.3. The average molecular weight is 367 g/mol. The molecule has 130 valence electrons. The Morgan fingerprint density at radius 2 is 2.21 bits per heavy atom. The van der Waals surface area contributed by atoms with Gasteiger partial charge in [-0.2, -0.15) is 0 Å².